The van der Waals surface area contributed by atoms with Crippen molar-refractivity contribution in [2.24, 2.45) is 0 Å². The van der Waals surface area contributed by atoms with E-state index >= 15 is 0 Å². The molecule has 5 heteroatoms. The Morgan fingerprint density at radius 2 is 1.70 bits per heavy atom. The minimum absolute atomic E-state index is 0.0537. The topological polar surface area (TPSA) is 58.6 Å². The van der Waals surface area contributed by atoms with Gasteiger partial charge in [-0.25, -0.2) is 0 Å². The van der Waals surface area contributed by atoms with E-state index < -0.39 is 6.04 Å². The Morgan fingerprint density at radius 1 is 1.03 bits per heavy atom. The van der Waals surface area contributed by atoms with E-state index in [1.54, 1.807) is 4.90 Å². The second-order valence-electron chi connectivity index (χ2n) is 9.58. The fourth-order valence-corrected chi connectivity index (χ4v) is 3.68. The van der Waals surface area contributed by atoms with Crippen LogP contribution in [0.4, 0.5) is 0 Å². The smallest absolute Gasteiger partial charge is 0.261 e. The van der Waals surface area contributed by atoms with Gasteiger partial charge in [-0.1, -0.05) is 77.4 Å². The van der Waals surface area contributed by atoms with Crippen LogP contribution in [0.1, 0.15) is 70.6 Å². The summed E-state index contributed by atoms with van der Waals surface area (Å²) in [6.45, 7) is 13.4. The minimum atomic E-state index is -0.541. The Labute approximate surface area is 199 Å². The molecule has 0 saturated carbocycles. The molecule has 1 unspecified atom stereocenters. The first-order valence-electron chi connectivity index (χ1n) is 12.0. The number of aryl methyl sites for hydroxylation is 1. The van der Waals surface area contributed by atoms with Gasteiger partial charge in [0.15, 0.2) is 6.61 Å². The molecule has 2 aromatic carbocycles. The van der Waals surface area contributed by atoms with Gasteiger partial charge < -0.3 is 15.0 Å². The van der Waals surface area contributed by atoms with E-state index in [0.717, 1.165) is 24.0 Å². The predicted molar refractivity (Wildman–Crippen MR) is 134 cm³/mol. The van der Waals surface area contributed by atoms with Crippen molar-refractivity contribution in [2.45, 2.75) is 78.8 Å². The van der Waals surface area contributed by atoms with E-state index in [1.165, 1.54) is 5.56 Å². The van der Waals surface area contributed by atoms with Crippen molar-refractivity contribution in [3.63, 3.8) is 0 Å². The first-order valence-corrected chi connectivity index (χ1v) is 12.0. The summed E-state index contributed by atoms with van der Waals surface area (Å²) >= 11 is 0. The fraction of sp³-hybridized carbons (Fsp3) is 0.500. The molecule has 0 aliphatic heterocycles. The maximum Gasteiger partial charge on any atom is 0.261 e. The van der Waals surface area contributed by atoms with Gasteiger partial charge in [0.1, 0.15) is 11.8 Å². The summed E-state index contributed by atoms with van der Waals surface area (Å²) in [5, 5.41) is 2.99. The van der Waals surface area contributed by atoms with E-state index in [4.69, 9.17) is 4.74 Å². The number of amides is 2. The highest BCUT2D eigenvalue weighted by atomic mass is 16.5. The summed E-state index contributed by atoms with van der Waals surface area (Å²) in [5.74, 6) is 0.339. The van der Waals surface area contributed by atoms with Gasteiger partial charge in [0.25, 0.3) is 5.91 Å². The van der Waals surface area contributed by atoms with Crippen molar-refractivity contribution in [1.29, 1.82) is 0 Å². The zero-order valence-electron chi connectivity index (χ0n) is 21.1. The third-order valence-electron chi connectivity index (χ3n) is 5.90. The molecule has 0 spiro atoms. The molecule has 0 radical (unpaired) electrons. The van der Waals surface area contributed by atoms with E-state index in [2.05, 4.69) is 33.0 Å². The first kappa shape index (κ1) is 26.4. The van der Waals surface area contributed by atoms with E-state index in [-0.39, 0.29) is 23.8 Å². The standard InChI is InChI=1S/C28H40N2O3/c1-7-9-18-29-27(32)25(8-2)30(19-22-13-11-10-12-21(22)3)26(31)20-33-24-16-14-23(15-17-24)28(4,5)6/h10-17,25H,7-9,18-20H2,1-6H3,(H,29,32). The van der Waals surface area contributed by atoms with Crippen LogP contribution < -0.4 is 10.1 Å². The molecular weight excluding hydrogens is 412 g/mol. The zero-order valence-corrected chi connectivity index (χ0v) is 21.1. The molecule has 1 N–H and O–H groups in total. The molecule has 2 rings (SSSR count). The van der Waals surface area contributed by atoms with Crippen molar-refractivity contribution in [2.75, 3.05) is 13.2 Å². The number of hydrogen-bond acceptors (Lipinski definition) is 3. The monoisotopic (exact) mass is 452 g/mol. The third-order valence-corrected chi connectivity index (χ3v) is 5.90. The van der Waals surface area contributed by atoms with Crippen molar-refractivity contribution < 1.29 is 14.3 Å². The van der Waals surface area contributed by atoms with Crippen LogP contribution in [0.15, 0.2) is 48.5 Å². The second kappa shape index (κ2) is 12.4. The summed E-state index contributed by atoms with van der Waals surface area (Å²) in [4.78, 5) is 27.9. The lowest BCUT2D eigenvalue weighted by atomic mass is 9.87. The van der Waals surface area contributed by atoms with Crippen LogP contribution in [-0.2, 0) is 21.5 Å². The van der Waals surface area contributed by atoms with Crippen LogP contribution in [0, 0.1) is 6.92 Å². The lowest BCUT2D eigenvalue weighted by Crippen LogP contribution is -2.50. The molecule has 2 aromatic rings. The predicted octanol–water partition coefficient (Wildman–Crippen LogP) is 5.40. The van der Waals surface area contributed by atoms with Gasteiger partial charge in [0, 0.05) is 13.1 Å². The molecule has 180 valence electrons. The molecule has 0 bridgehead atoms. The maximum atomic E-state index is 13.3. The van der Waals surface area contributed by atoms with Crippen LogP contribution in [0.5, 0.6) is 5.75 Å². The van der Waals surface area contributed by atoms with Gasteiger partial charge in [-0.3, -0.25) is 9.59 Å². The molecule has 0 saturated heterocycles. The number of unbranched alkanes of at least 4 members (excludes halogenated alkanes) is 1. The second-order valence-corrected chi connectivity index (χ2v) is 9.58. The average Bonchev–Trinajstić information content (AvgIpc) is 2.78. The molecule has 0 aromatic heterocycles. The molecule has 0 fully saturated rings. The number of hydrogen-bond donors (Lipinski definition) is 1. The van der Waals surface area contributed by atoms with Crippen LogP contribution in [0.25, 0.3) is 0 Å². The Morgan fingerprint density at radius 3 is 2.27 bits per heavy atom. The van der Waals surface area contributed by atoms with Crippen LogP contribution in [0.3, 0.4) is 0 Å². The molecule has 2 amide bonds. The molecule has 33 heavy (non-hydrogen) atoms. The Kier molecular flexibility index (Phi) is 9.95. The minimum Gasteiger partial charge on any atom is -0.484 e. The van der Waals surface area contributed by atoms with Crippen molar-refractivity contribution in [1.82, 2.24) is 10.2 Å². The molecule has 0 aliphatic carbocycles. The zero-order chi connectivity index (χ0) is 24.4. The number of carbonyl (C=O) groups excluding carboxylic acids is 2. The van der Waals surface area contributed by atoms with Gasteiger partial charge in [-0.2, -0.15) is 0 Å². The van der Waals surface area contributed by atoms with E-state index in [9.17, 15) is 9.59 Å². The van der Waals surface area contributed by atoms with E-state index in [1.807, 2.05) is 62.4 Å². The summed E-state index contributed by atoms with van der Waals surface area (Å²) in [6, 6.07) is 15.3. The Bertz CT molecular complexity index is 900. The average molecular weight is 453 g/mol. The van der Waals surface area contributed by atoms with Crippen LogP contribution >= 0.6 is 0 Å². The van der Waals surface area contributed by atoms with Gasteiger partial charge >= 0.3 is 0 Å². The number of ether oxygens (including phenoxy) is 1. The SMILES string of the molecule is CCCCNC(=O)C(CC)N(Cc1ccccc1C)C(=O)COc1ccc(C(C)(C)C)cc1. The largest absolute Gasteiger partial charge is 0.484 e. The number of nitrogens with zero attached hydrogens (tertiary/aromatic N) is 1. The molecule has 0 aliphatic rings. The molecular formula is C28H40N2O3. The third kappa shape index (κ3) is 7.92. The highest BCUT2D eigenvalue weighted by Gasteiger charge is 2.29. The summed E-state index contributed by atoms with van der Waals surface area (Å²) in [6.07, 6.45) is 2.46. The normalized spacial score (nSPS) is 12.2. The summed E-state index contributed by atoms with van der Waals surface area (Å²) in [7, 11) is 0. The van der Waals surface area contributed by atoms with Gasteiger partial charge in [-0.05, 0) is 54.0 Å². The number of rotatable bonds is 11. The van der Waals surface area contributed by atoms with Crippen LogP contribution in [-0.4, -0.2) is 35.9 Å². The fourth-order valence-electron chi connectivity index (χ4n) is 3.68. The summed E-state index contributed by atoms with van der Waals surface area (Å²) in [5.41, 5.74) is 3.38. The number of nitrogens with one attached hydrogen (secondary N) is 1. The van der Waals surface area contributed by atoms with Crippen molar-refractivity contribution in [3.8, 4) is 5.75 Å². The maximum absolute atomic E-state index is 13.3. The number of carbonyl (C=O) groups is 2. The van der Waals surface area contributed by atoms with Gasteiger partial charge in [-0.15, -0.1) is 0 Å². The highest BCUT2D eigenvalue weighted by Crippen LogP contribution is 2.24. The van der Waals surface area contributed by atoms with Gasteiger partial charge in [0.05, 0.1) is 0 Å². The Balaban J connectivity index is 2.17. The van der Waals surface area contributed by atoms with Crippen molar-refractivity contribution >= 4 is 11.8 Å². The van der Waals surface area contributed by atoms with E-state index in [0.29, 0.717) is 25.3 Å². The first-order chi connectivity index (χ1) is 15.7. The molecule has 0 heterocycles. The van der Waals surface area contributed by atoms with Gasteiger partial charge in [0.2, 0.25) is 5.91 Å². The lowest BCUT2D eigenvalue weighted by Gasteiger charge is -2.31. The summed E-state index contributed by atoms with van der Waals surface area (Å²) < 4.78 is 5.83. The molecule has 5 nitrogen and oxygen atoms in total. The van der Waals surface area contributed by atoms with Crippen molar-refractivity contribution in [3.05, 3.63) is 65.2 Å². The van der Waals surface area contributed by atoms with Crippen LogP contribution in [0.2, 0.25) is 0 Å². The molecule has 1 atom stereocenters. The quantitative estimate of drug-likeness (QED) is 0.465. The highest BCUT2D eigenvalue weighted by molar-refractivity contribution is 5.88. The number of benzene rings is 2. The lowest BCUT2D eigenvalue weighted by molar-refractivity contribution is -0.143. The Hall–Kier alpha value is -2.82.